The number of carbonyl (C=O) groups excluding carboxylic acids is 1. The van der Waals surface area contributed by atoms with Gasteiger partial charge in [-0.1, -0.05) is 41.6 Å². The molecule has 2 aliphatic heterocycles. The van der Waals surface area contributed by atoms with Crippen molar-refractivity contribution in [3.05, 3.63) is 64.2 Å². The standard InChI is InChI=1S/C20H20ClN3O3S2/c1-12-2-5-14(19(25)22-9-13-3-6-15(21)7-4-13)8-16(12)23-20-24-17-10-29(26,27)11-18(17)28-20/h2-8,17-18H,9-11H2,1H3,(H,22,25)(H,23,24)/t17-,18-/m0/s1. The number of hydrogen-bond donors (Lipinski definition) is 2. The lowest BCUT2D eigenvalue weighted by Crippen LogP contribution is -2.23. The average Bonchev–Trinajstić information content (AvgIpc) is 3.15. The van der Waals surface area contributed by atoms with Crippen LogP contribution in [0.3, 0.4) is 0 Å². The number of sulfone groups is 1. The molecular formula is C20H20ClN3O3S2. The normalized spacial score (nSPS) is 22.1. The number of halogens is 1. The summed E-state index contributed by atoms with van der Waals surface area (Å²) in [5.41, 5.74) is 3.27. The Hall–Kier alpha value is -2.03. The fourth-order valence-corrected chi connectivity index (χ4v) is 7.11. The zero-order chi connectivity index (χ0) is 20.6. The van der Waals surface area contributed by atoms with Crippen molar-refractivity contribution in [1.29, 1.82) is 0 Å². The number of rotatable bonds is 4. The first kappa shape index (κ1) is 20.3. The Morgan fingerprint density at radius 3 is 2.69 bits per heavy atom. The first-order valence-corrected chi connectivity index (χ1v) is 12.2. The Bertz CT molecular complexity index is 1080. The lowest BCUT2D eigenvalue weighted by atomic mass is 10.1. The van der Waals surface area contributed by atoms with Gasteiger partial charge in [-0.25, -0.2) is 8.42 Å². The van der Waals surface area contributed by atoms with Crippen LogP contribution in [0.1, 0.15) is 21.5 Å². The highest BCUT2D eigenvalue weighted by atomic mass is 35.5. The average molecular weight is 450 g/mol. The first-order valence-electron chi connectivity index (χ1n) is 9.14. The number of anilines is 1. The van der Waals surface area contributed by atoms with Gasteiger partial charge in [0, 0.05) is 28.1 Å². The number of aliphatic imine (C=N–C) groups is 1. The fraction of sp³-hybridized carbons (Fsp3) is 0.300. The second-order valence-electron chi connectivity index (χ2n) is 7.20. The van der Waals surface area contributed by atoms with Crippen molar-refractivity contribution in [3.8, 4) is 0 Å². The topological polar surface area (TPSA) is 87.6 Å². The summed E-state index contributed by atoms with van der Waals surface area (Å²) in [6.45, 7) is 2.36. The van der Waals surface area contributed by atoms with Crippen LogP contribution >= 0.6 is 23.4 Å². The molecule has 9 heteroatoms. The van der Waals surface area contributed by atoms with E-state index in [0.717, 1.165) is 16.8 Å². The van der Waals surface area contributed by atoms with E-state index in [1.807, 2.05) is 25.1 Å². The van der Waals surface area contributed by atoms with Gasteiger partial charge in [0.05, 0.1) is 17.5 Å². The van der Waals surface area contributed by atoms with E-state index >= 15 is 0 Å². The van der Waals surface area contributed by atoms with Crippen LogP contribution in [0.15, 0.2) is 47.5 Å². The fourth-order valence-electron chi connectivity index (χ4n) is 3.32. The van der Waals surface area contributed by atoms with Gasteiger partial charge in [0.2, 0.25) is 0 Å². The molecule has 0 bridgehead atoms. The maximum absolute atomic E-state index is 12.5. The quantitative estimate of drug-likeness (QED) is 0.748. The first-order chi connectivity index (χ1) is 13.8. The molecule has 0 saturated carbocycles. The van der Waals surface area contributed by atoms with Crippen LogP contribution in [0, 0.1) is 6.92 Å². The third-order valence-electron chi connectivity index (χ3n) is 4.93. The molecule has 0 radical (unpaired) electrons. The summed E-state index contributed by atoms with van der Waals surface area (Å²) in [6, 6.07) is 12.6. The van der Waals surface area contributed by atoms with Crippen molar-refractivity contribution in [2.45, 2.75) is 24.8 Å². The summed E-state index contributed by atoms with van der Waals surface area (Å²) in [6.07, 6.45) is 0. The highest BCUT2D eigenvalue weighted by Gasteiger charge is 2.42. The van der Waals surface area contributed by atoms with Crippen molar-refractivity contribution in [1.82, 2.24) is 5.32 Å². The Balaban J connectivity index is 1.42. The molecule has 1 fully saturated rings. The monoisotopic (exact) mass is 449 g/mol. The molecule has 2 atom stereocenters. The van der Waals surface area contributed by atoms with Gasteiger partial charge < -0.3 is 10.6 Å². The number of nitrogens with zero attached hydrogens (tertiary/aromatic N) is 1. The maximum Gasteiger partial charge on any atom is 0.251 e. The molecule has 29 heavy (non-hydrogen) atoms. The molecule has 152 valence electrons. The van der Waals surface area contributed by atoms with E-state index in [1.54, 1.807) is 24.3 Å². The van der Waals surface area contributed by atoms with Gasteiger partial charge in [-0.3, -0.25) is 9.79 Å². The molecule has 2 aromatic rings. The van der Waals surface area contributed by atoms with Crippen LogP contribution in [0.5, 0.6) is 0 Å². The van der Waals surface area contributed by atoms with Gasteiger partial charge in [-0.2, -0.15) is 0 Å². The summed E-state index contributed by atoms with van der Waals surface area (Å²) >= 11 is 7.34. The van der Waals surface area contributed by atoms with Gasteiger partial charge >= 0.3 is 0 Å². The molecule has 2 aromatic carbocycles. The number of benzene rings is 2. The van der Waals surface area contributed by atoms with Crippen molar-refractivity contribution in [3.63, 3.8) is 0 Å². The number of hydrogen-bond acceptors (Lipinski definition) is 6. The second-order valence-corrected chi connectivity index (χ2v) is 11.0. The van der Waals surface area contributed by atoms with E-state index in [-0.39, 0.29) is 28.7 Å². The summed E-state index contributed by atoms with van der Waals surface area (Å²) in [5, 5.41) is 7.51. The summed E-state index contributed by atoms with van der Waals surface area (Å²) in [4.78, 5) is 17.1. The smallest absolute Gasteiger partial charge is 0.251 e. The van der Waals surface area contributed by atoms with Gasteiger partial charge in [0.1, 0.15) is 0 Å². The number of carbonyl (C=O) groups is 1. The molecule has 0 spiro atoms. The van der Waals surface area contributed by atoms with Crippen LogP contribution < -0.4 is 10.6 Å². The van der Waals surface area contributed by atoms with Crippen molar-refractivity contribution in [2.75, 3.05) is 16.8 Å². The third kappa shape index (κ3) is 4.76. The molecule has 6 nitrogen and oxygen atoms in total. The van der Waals surface area contributed by atoms with Crippen molar-refractivity contribution < 1.29 is 13.2 Å². The van der Waals surface area contributed by atoms with Gasteiger partial charge in [-0.05, 0) is 42.3 Å². The molecule has 4 rings (SSSR count). The van der Waals surface area contributed by atoms with Crippen LogP contribution in [-0.2, 0) is 16.4 Å². The predicted molar refractivity (Wildman–Crippen MR) is 119 cm³/mol. The molecular weight excluding hydrogens is 430 g/mol. The molecule has 1 amide bonds. The molecule has 0 aromatic heterocycles. The molecule has 2 heterocycles. The number of fused-ring (bicyclic) bond motifs is 1. The summed E-state index contributed by atoms with van der Waals surface area (Å²) < 4.78 is 23.4. The predicted octanol–water partition coefficient (Wildman–Crippen LogP) is 3.26. The largest absolute Gasteiger partial charge is 0.348 e. The Kier molecular flexibility index (Phi) is 5.59. The Labute approximate surface area is 179 Å². The van der Waals surface area contributed by atoms with E-state index in [4.69, 9.17) is 11.6 Å². The highest BCUT2D eigenvalue weighted by molar-refractivity contribution is 8.15. The third-order valence-corrected chi connectivity index (χ3v) is 8.32. The molecule has 0 aliphatic carbocycles. The van der Waals surface area contributed by atoms with E-state index < -0.39 is 9.84 Å². The lowest BCUT2D eigenvalue weighted by molar-refractivity contribution is 0.0951. The number of thioether (sulfide) groups is 1. The number of amides is 1. The molecule has 2 aliphatic rings. The molecule has 0 unspecified atom stereocenters. The number of aryl methyl sites for hydroxylation is 1. The van der Waals surface area contributed by atoms with Gasteiger partial charge in [-0.15, -0.1) is 0 Å². The zero-order valence-corrected chi connectivity index (χ0v) is 18.1. The van der Waals surface area contributed by atoms with Gasteiger partial charge in [0.25, 0.3) is 5.91 Å². The minimum atomic E-state index is -2.98. The highest BCUT2D eigenvalue weighted by Crippen LogP contribution is 2.35. The zero-order valence-electron chi connectivity index (χ0n) is 15.7. The van der Waals surface area contributed by atoms with Gasteiger partial charge in [0.15, 0.2) is 15.0 Å². The summed E-state index contributed by atoms with van der Waals surface area (Å²) in [7, 11) is -2.98. The van der Waals surface area contributed by atoms with E-state index in [2.05, 4.69) is 15.6 Å². The van der Waals surface area contributed by atoms with Crippen LogP contribution in [-0.4, -0.2) is 42.3 Å². The van der Waals surface area contributed by atoms with E-state index in [9.17, 15) is 13.2 Å². The van der Waals surface area contributed by atoms with E-state index in [0.29, 0.717) is 22.3 Å². The van der Waals surface area contributed by atoms with Crippen molar-refractivity contribution >= 4 is 50.0 Å². The van der Waals surface area contributed by atoms with Crippen molar-refractivity contribution in [2.24, 2.45) is 4.99 Å². The van der Waals surface area contributed by atoms with Crippen LogP contribution in [0.25, 0.3) is 0 Å². The summed E-state index contributed by atoms with van der Waals surface area (Å²) in [5.74, 6) is 0.109. The molecule has 1 saturated heterocycles. The Morgan fingerprint density at radius 1 is 1.21 bits per heavy atom. The van der Waals surface area contributed by atoms with Crippen LogP contribution in [0.2, 0.25) is 5.02 Å². The lowest BCUT2D eigenvalue weighted by Gasteiger charge is -2.12. The maximum atomic E-state index is 12.5. The van der Waals surface area contributed by atoms with Crippen LogP contribution in [0.4, 0.5) is 5.69 Å². The molecule has 2 N–H and O–H groups in total. The number of amidine groups is 1. The SMILES string of the molecule is Cc1ccc(C(=O)NCc2ccc(Cl)cc2)cc1NC1=N[C@H]2CS(=O)(=O)C[C@@H]2S1. The van der Waals surface area contributed by atoms with E-state index in [1.165, 1.54) is 11.8 Å². The minimum absolute atomic E-state index is 0.0198. The number of nitrogens with one attached hydrogen (secondary N) is 2. The second kappa shape index (κ2) is 8.01. The minimum Gasteiger partial charge on any atom is -0.348 e. The Morgan fingerprint density at radius 2 is 1.97 bits per heavy atom.